The lowest BCUT2D eigenvalue weighted by molar-refractivity contribution is 0.250. The summed E-state index contributed by atoms with van der Waals surface area (Å²) in [6.07, 6.45) is 8.70. The number of rotatable bonds is 13. The largest absolute Gasteiger partial charge is 0.351 e. The van der Waals surface area contributed by atoms with Crippen LogP contribution in [-0.2, 0) is 12.8 Å². The number of amides is 2. The van der Waals surface area contributed by atoms with Gasteiger partial charge in [0.15, 0.2) is 0 Å². The fourth-order valence-electron chi connectivity index (χ4n) is 4.36. The van der Waals surface area contributed by atoms with Crippen molar-refractivity contribution in [1.82, 2.24) is 0 Å². The molecule has 2 amide bonds. The zero-order chi connectivity index (χ0) is 24.4. The van der Waals surface area contributed by atoms with Gasteiger partial charge in [0, 0.05) is 12.1 Å². The van der Waals surface area contributed by atoms with Crippen LogP contribution in [0.3, 0.4) is 0 Å². The molecule has 0 aromatic heterocycles. The molecular weight excluding hydrogens is 418 g/mol. The van der Waals surface area contributed by atoms with E-state index in [9.17, 15) is 13.6 Å². The average molecular weight is 459 g/mol. The minimum Gasteiger partial charge on any atom is -0.351 e. The van der Waals surface area contributed by atoms with E-state index in [2.05, 4.69) is 52.0 Å². The van der Waals surface area contributed by atoms with Gasteiger partial charge in [0.05, 0.1) is 5.69 Å². The minimum absolute atomic E-state index is 0.0302. The van der Waals surface area contributed by atoms with Crippen LogP contribution in [-0.4, -0.2) is 12.1 Å². The molecule has 182 valence electrons. The van der Waals surface area contributed by atoms with Crippen LogP contribution >= 0.6 is 0 Å². The summed E-state index contributed by atoms with van der Waals surface area (Å²) in [6, 6.07) is 10.7. The van der Waals surface area contributed by atoms with Gasteiger partial charge in [-0.2, -0.15) is 0 Å². The lowest BCUT2D eigenvalue weighted by Crippen LogP contribution is -2.45. The first-order chi connectivity index (χ1) is 15.7. The molecule has 2 N–H and O–H groups in total. The Balaban J connectivity index is 2.27. The topological polar surface area (TPSA) is 46.3 Å². The molecule has 2 aromatic rings. The Morgan fingerprint density at radius 3 is 2.15 bits per heavy atom. The Labute approximate surface area is 198 Å². The third-order valence-corrected chi connectivity index (χ3v) is 7.00. The van der Waals surface area contributed by atoms with Crippen LogP contribution in [0.1, 0.15) is 83.8 Å². The summed E-state index contributed by atoms with van der Waals surface area (Å²) >= 11 is 0. The number of carbonyl (C=O) groups excluding carboxylic acids is 1. The first-order valence-corrected chi connectivity index (χ1v) is 12.3. The van der Waals surface area contributed by atoms with Gasteiger partial charge in [0.2, 0.25) is 0 Å². The molecule has 0 saturated heterocycles. The van der Waals surface area contributed by atoms with E-state index in [1.165, 1.54) is 16.5 Å². The number of carbonyl (C=O) groups is 1. The Bertz CT molecular complexity index is 878. The molecule has 5 heteroatoms. The van der Waals surface area contributed by atoms with Crippen LogP contribution in [0.5, 0.6) is 0 Å². The highest BCUT2D eigenvalue weighted by molar-refractivity contribution is 5.91. The molecule has 0 radical (unpaired) electrons. The van der Waals surface area contributed by atoms with Crippen molar-refractivity contribution in [2.45, 2.75) is 91.5 Å². The average Bonchev–Trinajstić information content (AvgIpc) is 2.79. The number of benzene rings is 2. The second-order valence-corrected chi connectivity index (χ2v) is 9.52. The van der Waals surface area contributed by atoms with Crippen LogP contribution in [0, 0.1) is 17.0 Å². The molecular formula is C28H40F2N2O. The van der Waals surface area contributed by atoms with Gasteiger partial charge in [-0.25, -0.2) is 13.6 Å². The number of unbranched alkanes of at least 4 members (excludes halogenated alkanes) is 3. The monoisotopic (exact) mass is 458 g/mol. The van der Waals surface area contributed by atoms with Crippen molar-refractivity contribution in [3.05, 3.63) is 65.2 Å². The SMILES string of the molecule is CCCCCCC(Cc1ccc(CC(C)(CC)CC)cc1)N(C(N)=O)c1ccc(F)cc1F. The zero-order valence-corrected chi connectivity index (χ0v) is 20.7. The standard InChI is InChI=1S/C28H40F2N2O/c1-5-8-9-10-11-24(32(27(31)33)26-17-16-23(29)19-25(26)30)18-21-12-14-22(15-13-21)20-28(4,6-2)7-3/h12-17,19,24H,5-11,18,20H2,1-4H3,(H2,31,33). The number of anilines is 1. The summed E-state index contributed by atoms with van der Waals surface area (Å²) in [6.45, 7) is 8.92. The van der Waals surface area contributed by atoms with E-state index in [4.69, 9.17) is 5.73 Å². The molecule has 0 aliphatic heterocycles. The Morgan fingerprint density at radius 2 is 1.61 bits per heavy atom. The first-order valence-electron chi connectivity index (χ1n) is 12.3. The maximum atomic E-state index is 14.6. The number of halogens is 2. The van der Waals surface area contributed by atoms with E-state index >= 15 is 0 Å². The molecule has 2 rings (SSSR count). The van der Waals surface area contributed by atoms with Gasteiger partial charge < -0.3 is 5.73 Å². The van der Waals surface area contributed by atoms with Crippen molar-refractivity contribution < 1.29 is 13.6 Å². The molecule has 0 aliphatic carbocycles. The van der Waals surface area contributed by atoms with E-state index in [0.29, 0.717) is 12.8 Å². The summed E-state index contributed by atoms with van der Waals surface area (Å²) in [4.78, 5) is 13.7. The molecule has 0 heterocycles. The molecule has 2 aromatic carbocycles. The summed E-state index contributed by atoms with van der Waals surface area (Å²) in [7, 11) is 0. The fraction of sp³-hybridized carbons (Fsp3) is 0.536. The molecule has 3 nitrogen and oxygen atoms in total. The van der Waals surface area contributed by atoms with Gasteiger partial charge >= 0.3 is 6.03 Å². The third-order valence-electron chi connectivity index (χ3n) is 7.00. The minimum atomic E-state index is -0.777. The molecule has 0 aliphatic rings. The van der Waals surface area contributed by atoms with Crippen molar-refractivity contribution in [3.63, 3.8) is 0 Å². The van der Waals surface area contributed by atoms with Crippen molar-refractivity contribution in [2.24, 2.45) is 11.1 Å². The molecule has 0 bridgehead atoms. The van der Waals surface area contributed by atoms with Gasteiger partial charge in [0.25, 0.3) is 0 Å². The van der Waals surface area contributed by atoms with Crippen LogP contribution in [0.2, 0.25) is 0 Å². The molecule has 0 fully saturated rings. The summed E-state index contributed by atoms with van der Waals surface area (Å²) in [5.74, 6) is -1.46. The maximum Gasteiger partial charge on any atom is 0.319 e. The molecule has 1 unspecified atom stereocenters. The highest BCUT2D eigenvalue weighted by Gasteiger charge is 2.26. The smallest absolute Gasteiger partial charge is 0.319 e. The van der Waals surface area contributed by atoms with Gasteiger partial charge in [-0.05, 0) is 47.9 Å². The molecule has 1 atom stereocenters. The number of urea groups is 1. The number of primary amides is 1. The summed E-state index contributed by atoms with van der Waals surface area (Å²) in [5.41, 5.74) is 8.39. The predicted molar refractivity (Wildman–Crippen MR) is 134 cm³/mol. The van der Waals surface area contributed by atoms with Crippen LogP contribution in [0.25, 0.3) is 0 Å². The molecule has 0 saturated carbocycles. The van der Waals surface area contributed by atoms with E-state index in [1.54, 1.807) is 0 Å². The van der Waals surface area contributed by atoms with Crippen molar-refractivity contribution in [3.8, 4) is 0 Å². The van der Waals surface area contributed by atoms with Crippen LogP contribution in [0.15, 0.2) is 42.5 Å². The normalized spacial score (nSPS) is 12.5. The van der Waals surface area contributed by atoms with Crippen LogP contribution in [0.4, 0.5) is 19.3 Å². The predicted octanol–water partition coefficient (Wildman–Crippen LogP) is 7.80. The second-order valence-electron chi connectivity index (χ2n) is 9.52. The summed E-state index contributed by atoms with van der Waals surface area (Å²) in [5, 5.41) is 0. The van der Waals surface area contributed by atoms with E-state index in [-0.39, 0.29) is 17.1 Å². The summed E-state index contributed by atoms with van der Waals surface area (Å²) < 4.78 is 28.1. The van der Waals surface area contributed by atoms with E-state index in [0.717, 1.165) is 62.6 Å². The number of nitrogens with two attached hydrogens (primary N) is 1. The molecule has 33 heavy (non-hydrogen) atoms. The maximum absolute atomic E-state index is 14.6. The van der Waals surface area contributed by atoms with E-state index < -0.39 is 17.7 Å². The number of nitrogens with zero attached hydrogens (tertiary/aromatic N) is 1. The van der Waals surface area contributed by atoms with Gasteiger partial charge in [-0.3, -0.25) is 4.90 Å². The van der Waals surface area contributed by atoms with Gasteiger partial charge in [-0.1, -0.05) is 90.5 Å². The fourth-order valence-corrected chi connectivity index (χ4v) is 4.36. The lowest BCUT2D eigenvalue weighted by Gasteiger charge is -2.31. The zero-order valence-electron chi connectivity index (χ0n) is 20.7. The van der Waals surface area contributed by atoms with Gasteiger partial charge in [-0.15, -0.1) is 0 Å². The Morgan fingerprint density at radius 1 is 0.970 bits per heavy atom. The lowest BCUT2D eigenvalue weighted by atomic mass is 9.79. The van der Waals surface area contributed by atoms with E-state index in [1.807, 2.05) is 0 Å². The first kappa shape index (κ1) is 26.8. The number of hydrogen-bond donors (Lipinski definition) is 1. The number of hydrogen-bond acceptors (Lipinski definition) is 1. The van der Waals surface area contributed by atoms with Crippen molar-refractivity contribution >= 4 is 11.7 Å². The highest BCUT2D eigenvalue weighted by Crippen LogP contribution is 2.31. The van der Waals surface area contributed by atoms with Gasteiger partial charge in [0.1, 0.15) is 11.6 Å². The van der Waals surface area contributed by atoms with Crippen molar-refractivity contribution in [2.75, 3.05) is 4.90 Å². The Hall–Kier alpha value is -2.43. The van der Waals surface area contributed by atoms with Crippen molar-refractivity contribution in [1.29, 1.82) is 0 Å². The Kier molecular flexibility index (Phi) is 10.3. The van der Waals surface area contributed by atoms with Crippen LogP contribution < -0.4 is 10.6 Å². The quantitative estimate of drug-likeness (QED) is 0.306. The highest BCUT2D eigenvalue weighted by atomic mass is 19.1. The second kappa shape index (κ2) is 12.7. The third kappa shape index (κ3) is 7.83. The molecule has 0 spiro atoms.